The molecule has 104 valence electrons. The van der Waals surface area contributed by atoms with Gasteiger partial charge in [0.2, 0.25) is 0 Å². The van der Waals surface area contributed by atoms with Crippen LogP contribution < -0.4 is 20.7 Å². The van der Waals surface area contributed by atoms with E-state index >= 15 is 0 Å². The van der Waals surface area contributed by atoms with Gasteiger partial charge in [-0.05, 0) is 36.5 Å². The number of nitrogens with two attached hydrogens (primary N) is 1. The molecule has 0 bridgehead atoms. The Labute approximate surface area is 114 Å². The molecule has 1 heterocycles. The molecule has 2 aliphatic rings. The van der Waals surface area contributed by atoms with Crippen LogP contribution in [0.15, 0.2) is 18.2 Å². The van der Waals surface area contributed by atoms with E-state index in [9.17, 15) is 0 Å². The number of ether oxygens (including phenoxy) is 2. The highest BCUT2D eigenvalue weighted by atomic mass is 16.6. The van der Waals surface area contributed by atoms with Crippen LogP contribution >= 0.6 is 0 Å². The Morgan fingerprint density at radius 3 is 2.53 bits per heavy atom. The summed E-state index contributed by atoms with van der Waals surface area (Å²) in [6.45, 7) is 1.26. The second kappa shape index (κ2) is 5.80. The number of fused-ring (bicyclic) bond motifs is 1. The fourth-order valence-corrected chi connectivity index (χ4v) is 3.23. The molecule has 4 heteroatoms. The Balaban J connectivity index is 1.82. The van der Waals surface area contributed by atoms with Crippen molar-refractivity contribution in [1.82, 2.24) is 5.43 Å². The first-order valence-corrected chi connectivity index (χ1v) is 7.24. The predicted molar refractivity (Wildman–Crippen MR) is 74.1 cm³/mol. The molecule has 3 rings (SSSR count). The van der Waals surface area contributed by atoms with E-state index in [0.717, 1.165) is 11.5 Å². The monoisotopic (exact) mass is 262 g/mol. The van der Waals surface area contributed by atoms with Crippen molar-refractivity contribution in [3.05, 3.63) is 23.8 Å². The van der Waals surface area contributed by atoms with Gasteiger partial charge in [0.1, 0.15) is 13.2 Å². The molecule has 3 N–H and O–H groups in total. The lowest BCUT2D eigenvalue weighted by Gasteiger charge is -2.30. The average Bonchev–Trinajstić information content (AvgIpc) is 2.49. The van der Waals surface area contributed by atoms with Gasteiger partial charge in [-0.3, -0.25) is 11.3 Å². The standard InChI is InChI=1S/C15H22N2O2/c16-17-15(11-4-2-1-3-5-11)12-6-7-13-14(10-12)19-9-8-18-13/h6-7,10-11,15,17H,1-5,8-9,16H2. The van der Waals surface area contributed by atoms with Crippen molar-refractivity contribution in [2.45, 2.75) is 38.1 Å². The van der Waals surface area contributed by atoms with Gasteiger partial charge in [0.05, 0.1) is 0 Å². The minimum Gasteiger partial charge on any atom is -0.486 e. The molecule has 1 unspecified atom stereocenters. The van der Waals surface area contributed by atoms with E-state index in [4.69, 9.17) is 15.3 Å². The highest BCUT2D eigenvalue weighted by molar-refractivity contribution is 5.44. The lowest BCUT2D eigenvalue weighted by atomic mass is 9.81. The fraction of sp³-hybridized carbons (Fsp3) is 0.600. The van der Waals surface area contributed by atoms with E-state index in [1.165, 1.54) is 37.7 Å². The summed E-state index contributed by atoms with van der Waals surface area (Å²) < 4.78 is 11.2. The van der Waals surface area contributed by atoms with Crippen LogP contribution in [0.2, 0.25) is 0 Å². The van der Waals surface area contributed by atoms with Gasteiger partial charge in [-0.25, -0.2) is 0 Å². The SMILES string of the molecule is NNC(c1ccc2c(c1)OCCO2)C1CCCCC1. The minimum absolute atomic E-state index is 0.219. The van der Waals surface area contributed by atoms with Gasteiger partial charge < -0.3 is 9.47 Å². The highest BCUT2D eigenvalue weighted by Gasteiger charge is 2.25. The quantitative estimate of drug-likeness (QED) is 0.649. The van der Waals surface area contributed by atoms with Crippen molar-refractivity contribution in [2.24, 2.45) is 11.8 Å². The average molecular weight is 262 g/mol. The van der Waals surface area contributed by atoms with Gasteiger partial charge >= 0.3 is 0 Å². The van der Waals surface area contributed by atoms with Gasteiger partial charge in [0.25, 0.3) is 0 Å². The van der Waals surface area contributed by atoms with Crippen molar-refractivity contribution >= 4 is 0 Å². The van der Waals surface area contributed by atoms with Crippen molar-refractivity contribution < 1.29 is 9.47 Å². The normalized spacial score (nSPS) is 21.1. The third-order valence-electron chi connectivity index (χ3n) is 4.23. The summed E-state index contributed by atoms with van der Waals surface area (Å²) in [6.07, 6.45) is 6.49. The predicted octanol–water partition coefficient (Wildman–Crippen LogP) is 2.54. The summed E-state index contributed by atoms with van der Waals surface area (Å²) in [6, 6.07) is 6.40. The summed E-state index contributed by atoms with van der Waals surface area (Å²) in [5.74, 6) is 8.10. The van der Waals surface area contributed by atoms with Crippen LogP contribution in [0, 0.1) is 5.92 Å². The Kier molecular flexibility index (Phi) is 3.89. The smallest absolute Gasteiger partial charge is 0.161 e. The second-order valence-corrected chi connectivity index (χ2v) is 5.45. The Morgan fingerprint density at radius 1 is 1.05 bits per heavy atom. The molecule has 1 atom stereocenters. The third-order valence-corrected chi connectivity index (χ3v) is 4.23. The molecule has 1 aliphatic carbocycles. The van der Waals surface area contributed by atoms with Crippen LogP contribution in [0.25, 0.3) is 0 Å². The van der Waals surface area contributed by atoms with Gasteiger partial charge in [-0.15, -0.1) is 0 Å². The van der Waals surface area contributed by atoms with E-state index in [-0.39, 0.29) is 6.04 Å². The molecule has 1 aromatic carbocycles. The third kappa shape index (κ3) is 2.69. The Morgan fingerprint density at radius 2 is 1.79 bits per heavy atom. The number of hydrazine groups is 1. The summed E-state index contributed by atoms with van der Waals surface area (Å²) in [4.78, 5) is 0. The maximum Gasteiger partial charge on any atom is 0.161 e. The number of rotatable bonds is 3. The van der Waals surface area contributed by atoms with Crippen molar-refractivity contribution in [3.63, 3.8) is 0 Å². The molecule has 1 saturated carbocycles. The van der Waals surface area contributed by atoms with Crippen LogP contribution in [-0.4, -0.2) is 13.2 Å². The van der Waals surface area contributed by atoms with Crippen molar-refractivity contribution in [2.75, 3.05) is 13.2 Å². The first kappa shape index (κ1) is 12.8. The molecule has 0 spiro atoms. The van der Waals surface area contributed by atoms with Crippen LogP contribution in [0.5, 0.6) is 11.5 Å². The zero-order valence-corrected chi connectivity index (χ0v) is 11.2. The highest BCUT2D eigenvalue weighted by Crippen LogP contribution is 2.38. The molecule has 0 amide bonds. The molecule has 1 fully saturated rings. The Hall–Kier alpha value is -1.26. The zero-order valence-electron chi connectivity index (χ0n) is 11.2. The topological polar surface area (TPSA) is 56.5 Å². The van der Waals surface area contributed by atoms with Gasteiger partial charge in [-0.1, -0.05) is 25.3 Å². The van der Waals surface area contributed by atoms with E-state index < -0.39 is 0 Å². The zero-order chi connectivity index (χ0) is 13.1. The molecule has 0 saturated heterocycles. The molecule has 1 aliphatic heterocycles. The molecule has 0 radical (unpaired) electrons. The number of nitrogens with one attached hydrogen (secondary N) is 1. The molecule has 19 heavy (non-hydrogen) atoms. The van der Waals surface area contributed by atoms with Gasteiger partial charge in [-0.2, -0.15) is 0 Å². The van der Waals surface area contributed by atoms with Gasteiger partial charge in [0, 0.05) is 6.04 Å². The van der Waals surface area contributed by atoms with E-state index in [0.29, 0.717) is 19.1 Å². The van der Waals surface area contributed by atoms with Crippen molar-refractivity contribution in [3.8, 4) is 11.5 Å². The number of hydrogen-bond acceptors (Lipinski definition) is 4. The lowest BCUT2D eigenvalue weighted by Crippen LogP contribution is -2.34. The van der Waals surface area contributed by atoms with Crippen LogP contribution in [0.3, 0.4) is 0 Å². The summed E-state index contributed by atoms with van der Waals surface area (Å²) in [5, 5.41) is 0. The molecular weight excluding hydrogens is 240 g/mol. The molecular formula is C15H22N2O2. The first-order valence-electron chi connectivity index (χ1n) is 7.24. The maximum atomic E-state index is 5.79. The maximum absolute atomic E-state index is 5.79. The van der Waals surface area contributed by atoms with E-state index in [2.05, 4.69) is 17.6 Å². The second-order valence-electron chi connectivity index (χ2n) is 5.45. The largest absolute Gasteiger partial charge is 0.486 e. The fourth-order valence-electron chi connectivity index (χ4n) is 3.23. The molecule has 4 nitrogen and oxygen atoms in total. The number of benzene rings is 1. The van der Waals surface area contributed by atoms with Gasteiger partial charge in [0.15, 0.2) is 11.5 Å². The van der Waals surface area contributed by atoms with Crippen LogP contribution in [0.1, 0.15) is 43.7 Å². The van der Waals surface area contributed by atoms with Crippen molar-refractivity contribution in [1.29, 1.82) is 0 Å². The molecule has 0 aromatic heterocycles. The summed E-state index contributed by atoms with van der Waals surface area (Å²) >= 11 is 0. The van der Waals surface area contributed by atoms with Crippen LogP contribution in [0.4, 0.5) is 0 Å². The van der Waals surface area contributed by atoms with Crippen LogP contribution in [-0.2, 0) is 0 Å². The van der Waals surface area contributed by atoms with E-state index in [1.54, 1.807) is 0 Å². The summed E-state index contributed by atoms with van der Waals surface area (Å²) in [7, 11) is 0. The van der Waals surface area contributed by atoms with E-state index in [1.807, 2.05) is 6.07 Å². The minimum atomic E-state index is 0.219. The lowest BCUT2D eigenvalue weighted by molar-refractivity contribution is 0.171. The Bertz CT molecular complexity index is 430. The first-order chi connectivity index (χ1) is 9.38. The summed E-state index contributed by atoms with van der Waals surface area (Å²) in [5.41, 5.74) is 4.21. The molecule has 1 aromatic rings. The number of hydrogen-bond donors (Lipinski definition) is 2.